The molecule has 0 unspecified atom stereocenters. The van der Waals surface area contributed by atoms with E-state index in [1.807, 2.05) is 42.5 Å². The predicted octanol–water partition coefficient (Wildman–Crippen LogP) is 7.30. The smallest absolute Gasteiger partial charge is 0.125 e. The molecular weight excluding hydrogens is 452 g/mol. The first-order chi connectivity index (χ1) is 16.8. The van der Waals surface area contributed by atoms with Crippen LogP contribution in [0.1, 0.15) is 33.7 Å². The summed E-state index contributed by atoms with van der Waals surface area (Å²) in [6.07, 6.45) is 0. The summed E-state index contributed by atoms with van der Waals surface area (Å²) in [5, 5.41) is 21.9. The zero-order valence-corrected chi connectivity index (χ0v) is 21.3. The van der Waals surface area contributed by atoms with E-state index in [-0.39, 0.29) is 6.04 Å². The minimum Gasteiger partial charge on any atom is -0.507 e. The molecular formula is C29H30N4OS. The highest BCUT2D eigenvalue weighted by molar-refractivity contribution is 8.03. The second kappa shape index (κ2) is 9.81. The van der Waals surface area contributed by atoms with Crippen LogP contribution in [0.4, 0.5) is 5.69 Å². The Kier molecular flexibility index (Phi) is 6.81. The third-order valence-corrected chi connectivity index (χ3v) is 7.02. The number of allylic oxidation sites excluding steroid dienone is 1. The summed E-state index contributed by atoms with van der Waals surface area (Å²) in [4.78, 5) is 3.11. The number of aromatic hydroxyl groups is 1. The SMILES string of the molecule is C=C1C(C#N)=C(N)Sc2ccccc2N1C(C)C.CC(C)n1c2ccccc2c2c(O)cccc21. The van der Waals surface area contributed by atoms with E-state index in [9.17, 15) is 10.4 Å². The molecule has 0 amide bonds. The third kappa shape index (κ3) is 4.36. The van der Waals surface area contributed by atoms with Crippen molar-refractivity contribution in [1.82, 2.24) is 4.57 Å². The first-order valence-electron chi connectivity index (χ1n) is 11.6. The summed E-state index contributed by atoms with van der Waals surface area (Å²) in [5.41, 5.74) is 10.5. The van der Waals surface area contributed by atoms with Gasteiger partial charge in [0.2, 0.25) is 0 Å². The van der Waals surface area contributed by atoms with Gasteiger partial charge in [0, 0.05) is 33.3 Å². The van der Waals surface area contributed by atoms with Crippen LogP contribution in [0.3, 0.4) is 0 Å². The van der Waals surface area contributed by atoms with E-state index in [4.69, 9.17) is 5.73 Å². The van der Waals surface area contributed by atoms with Gasteiger partial charge in [-0.1, -0.05) is 54.7 Å². The molecule has 1 aliphatic rings. The Morgan fingerprint density at radius 3 is 2.26 bits per heavy atom. The Morgan fingerprint density at radius 1 is 0.914 bits per heavy atom. The fourth-order valence-electron chi connectivity index (χ4n) is 4.62. The maximum Gasteiger partial charge on any atom is 0.125 e. The molecule has 3 aromatic carbocycles. The van der Waals surface area contributed by atoms with Crippen LogP contribution in [0.15, 0.2) is 94.5 Å². The molecule has 0 spiro atoms. The highest BCUT2D eigenvalue weighted by Gasteiger charge is 2.25. The predicted molar refractivity (Wildman–Crippen MR) is 147 cm³/mol. The van der Waals surface area contributed by atoms with E-state index in [0.29, 0.717) is 28.1 Å². The van der Waals surface area contributed by atoms with Crippen molar-refractivity contribution in [3.8, 4) is 11.8 Å². The molecule has 5 rings (SSSR count). The number of nitriles is 1. The van der Waals surface area contributed by atoms with Crippen molar-refractivity contribution < 1.29 is 5.11 Å². The highest BCUT2D eigenvalue weighted by atomic mass is 32.2. The minimum absolute atomic E-state index is 0.216. The number of nitrogens with zero attached hydrogens (tertiary/aromatic N) is 3. The fraction of sp³-hybridized carbons (Fsp3) is 0.207. The lowest BCUT2D eigenvalue weighted by molar-refractivity contribution is 0.482. The Labute approximate surface area is 210 Å². The maximum absolute atomic E-state index is 10.1. The van der Waals surface area contributed by atoms with Crippen molar-refractivity contribution in [2.45, 2.75) is 44.7 Å². The molecule has 0 saturated carbocycles. The van der Waals surface area contributed by atoms with Crippen LogP contribution >= 0.6 is 11.8 Å². The zero-order chi connectivity index (χ0) is 25.3. The number of fused-ring (bicyclic) bond motifs is 4. The van der Waals surface area contributed by atoms with Crippen molar-refractivity contribution in [3.63, 3.8) is 0 Å². The van der Waals surface area contributed by atoms with Gasteiger partial charge in [0.1, 0.15) is 17.4 Å². The van der Waals surface area contributed by atoms with E-state index in [1.54, 1.807) is 6.07 Å². The molecule has 0 fully saturated rings. The Bertz CT molecular complexity index is 1490. The molecule has 3 N–H and O–H groups in total. The van der Waals surface area contributed by atoms with Gasteiger partial charge in [-0.25, -0.2) is 0 Å². The van der Waals surface area contributed by atoms with Gasteiger partial charge in [0.25, 0.3) is 0 Å². The van der Waals surface area contributed by atoms with Crippen LogP contribution in [0.25, 0.3) is 21.8 Å². The quantitative estimate of drug-likeness (QED) is 0.313. The van der Waals surface area contributed by atoms with Gasteiger partial charge < -0.3 is 20.3 Å². The summed E-state index contributed by atoms with van der Waals surface area (Å²) >= 11 is 1.42. The highest BCUT2D eigenvalue weighted by Crippen LogP contribution is 2.42. The molecule has 1 aromatic heterocycles. The number of anilines is 1. The normalized spacial score (nSPS) is 13.6. The van der Waals surface area contributed by atoms with E-state index < -0.39 is 0 Å². The molecule has 0 radical (unpaired) electrons. The van der Waals surface area contributed by atoms with E-state index in [1.165, 1.54) is 17.3 Å². The topological polar surface area (TPSA) is 78.2 Å². The van der Waals surface area contributed by atoms with E-state index >= 15 is 0 Å². The van der Waals surface area contributed by atoms with Gasteiger partial charge >= 0.3 is 0 Å². The molecule has 4 aromatic rings. The maximum atomic E-state index is 10.1. The second-order valence-corrected chi connectivity index (χ2v) is 10.1. The molecule has 35 heavy (non-hydrogen) atoms. The van der Waals surface area contributed by atoms with Gasteiger partial charge in [0.15, 0.2) is 0 Å². The number of benzene rings is 3. The number of nitrogens with two attached hydrogens (primary N) is 1. The molecule has 2 heterocycles. The van der Waals surface area contributed by atoms with Crippen LogP contribution in [-0.2, 0) is 0 Å². The van der Waals surface area contributed by atoms with Gasteiger partial charge in [0.05, 0.1) is 21.9 Å². The molecule has 0 bridgehead atoms. The molecule has 0 atom stereocenters. The van der Waals surface area contributed by atoms with E-state index in [0.717, 1.165) is 26.9 Å². The van der Waals surface area contributed by atoms with Gasteiger partial charge in [-0.3, -0.25) is 0 Å². The number of phenolic OH excluding ortho intramolecular Hbond substituents is 1. The summed E-state index contributed by atoms with van der Waals surface area (Å²) in [6, 6.07) is 24.7. The number of para-hydroxylation sites is 2. The first-order valence-corrected chi connectivity index (χ1v) is 12.4. The molecule has 6 heteroatoms. The molecule has 0 saturated heterocycles. The third-order valence-electron chi connectivity index (χ3n) is 6.03. The number of hydrogen-bond donors (Lipinski definition) is 2. The van der Waals surface area contributed by atoms with Crippen molar-refractivity contribution in [2.75, 3.05) is 4.90 Å². The largest absolute Gasteiger partial charge is 0.507 e. The van der Waals surface area contributed by atoms with Crippen molar-refractivity contribution >= 4 is 39.3 Å². The summed E-state index contributed by atoms with van der Waals surface area (Å²) in [7, 11) is 0. The number of thioether (sulfide) groups is 1. The Hall–Kier alpha value is -3.82. The number of aromatic nitrogens is 1. The lowest BCUT2D eigenvalue weighted by Crippen LogP contribution is -2.30. The average Bonchev–Trinajstić information content (AvgIpc) is 3.11. The van der Waals surface area contributed by atoms with Crippen LogP contribution in [-0.4, -0.2) is 15.7 Å². The number of phenols is 1. The lowest BCUT2D eigenvalue weighted by Gasteiger charge is -2.30. The summed E-state index contributed by atoms with van der Waals surface area (Å²) in [5.74, 6) is 0.359. The number of rotatable bonds is 2. The molecule has 0 aliphatic carbocycles. The first kappa shape index (κ1) is 24.3. The molecule has 5 nitrogen and oxygen atoms in total. The van der Waals surface area contributed by atoms with Crippen LogP contribution < -0.4 is 10.6 Å². The second-order valence-electron chi connectivity index (χ2n) is 8.98. The Morgan fingerprint density at radius 2 is 1.57 bits per heavy atom. The minimum atomic E-state index is 0.216. The van der Waals surface area contributed by atoms with Gasteiger partial charge in [-0.05, 0) is 58.0 Å². The summed E-state index contributed by atoms with van der Waals surface area (Å²) < 4.78 is 2.27. The van der Waals surface area contributed by atoms with Crippen LogP contribution in [0.2, 0.25) is 0 Å². The number of hydrogen-bond acceptors (Lipinski definition) is 5. The zero-order valence-electron chi connectivity index (χ0n) is 20.5. The van der Waals surface area contributed by atoms with Crippen LogP contribution in [0, 0.1) is 11.3 Å². The van der Waals surface area contributed by atoms with Crippen LogP contribution in [0.5, 0.6) is 5.75 Å². The van der Waals surface area contributed by atoms with Gasteiger partial charge in [-0.15, -0.1) is 0 Å². The average molecular weight is 483 g/mol. The monoisotopic (exact) mass is 482 g/mol. The fourth-order valence-corrected chi connectivity index (χ4v) is 5.54. The molecule has 178 valence electrons. The molecule has 1 aliphatic heterocycles. The van der Waals surface area contributed by atoms with Crippen molar-refractivity contribution in [3.05, 3.63) is 89.6 Å². The summed E-state index contributed by atoms with van der Waals surface area (Å²) in [6.45, 7) is 12.5. The van der Waals surface area contributed by atoms with E-state index in [2.05, 4.69) is 68.0 Å². The van der Waals surface area contributed by atoms with Crippen molar-refractivity contribution in [1.29, 1.82) is 5.26 Å². The van der Waals surface area contributed by atoms with Crippen molar-refractivity contribution in [2.24, 2.45) is 5.73 Å². The Balaban J connectivity index is 0.000000165. The standard InChI is InChI=1S/C15H15NO.C14H15N3S/c1-10(2)16-12-7-4-3-6-11(12)15-13(16)8-5-9-14(15)17;1-9(2)17-10(3)11(8-15)14(16)18-13-7-5-4-6-12(13)17/h3-10,17H,1-2H3;4-7,9H,3,16H2,1-2H3. The lowest BCUT2D eigenvalue weighted by atomic mass is 10.1. The van der Waals surface area contributed by atoms with Gasteiger partial charge in [-0.2, -0.15) is 5.26 Å².